The van der Waals surface area contributed by atoms with Crippen molar-refractivity contribution in [2.45, 2.75) is 123 Å². The van der Waals surface area contributed by atoms with E-state index in [1.807, 2.05) is 0 Å². The van der Waals surface area contributed by atoms with E-state index in [4.69, 9.17) is 24.1 Å². The minimum Gasteiger partial charge on any atom is -0.394 e. The number of nitrogens with one attached hydrogen (secondary N) is 1. The van der Waals surface area contributed by atoms with Gasteiger partial charge in [-0.25, -0.2) is 0 Å². The number of hydrogen-bond acceptors (Lipinski definition) is 19. The van der Waals surface area contributed by atoms with Gasteiger partial charge in [0, 0.05) is 6.42 Å². The van der Waals surface area contributed by atoms with Gasteiger partial charge in [0.15, 0.2) is 18.9 Å². The molecule has 3 aliphatic rings. The van der Waals surface area contributed by atoms with Crippen LogP contribution in [0.5, 0.6) is 0 Å². The summed E-state index contributed by atoms with van der Waals surface area (Å²) in [5.74, 6) is 0. The standard InChI is InChI=1S/C26H45NO18/c1-8-15(27-11-2-9(4-28)16(34)20(38)17(11)35)19(37)22(40)25(42-8)45-24-14(7-31)44-26(23(41)21(24)39)43-13(3-10(32)5-29)18(36)12(33)6-30/h2,6,8,10-29,31-41H,3-5,7H2,1H3/t8-,10+,11?,12?,13?,14?,15?,16?,17+,18?,19+,20-,21?,22?,23-,24?,25?,26+/m1/s1. The van der Waals surface area contributed by atoms with Crippen molar-refractivity contribution in [2.75, 3.05) is 19.8 Å². The second-order valence-corrected chi connectivity index (χ2v) is 11.4. The van der Waals surface area contributed by atoms with Crippen LogP contribution >= 0.6 is 0 Å². The summed E-state index contributed by atoms with van der Waals surface area (Å²) in [6, 6.07) is -2.20. The third kappa shape index (κ3) is 8.59. The van der Waals surface area contributed by atoms with Gasteiger partial charge >= 0.3 is 0 Å². The number of carbonyl (C=O) groups is 1. The molecule has 18 atom stereocenters. The molecular formula is C26H45NO18. The van der Waals surface area contributed by atoms with E-state index in [9.17, 15) is 66.1 Å². The predicted octanol–water partition coefficient (Wildman–Crippen LogP) is -8.33. The van der Waals surface area contributed by atoms with Gasteiger partial charge in [-0.2, -0.15) is 0 Å². The van der Waals surface area contributed by atoms with Gasteiger partial charge in [-0.3, -0.25) is 0 Å². The molecule has 19 heteroatoms. The van der Waals surface area contributed by atoms with Gasteiger partial charge in [0.05, 0.1) is 50.2 Å². The normalized spacial score (nSPS) is 43.6. The summed E-state index contributed by atoms with van der Waals surface area (Å²) in [4.78, 5) is 11.0. The first kappa shape index (κ1) is 38.1. The van der Waals surface area contributed by atoms with Crippen LogP contribution in [-0.4, -0.2) is 203 Å². The smallest absolute Gasteiger partial charge is 0.187 e. The number of hydrogen-bond donors (Lipinski definition) is 14. The highest BCUT2D eigenvalue weighted by Gasteiger charge is 2.52. The summed E-state index contributed by atoms with van der Waals surface area (Å²) in [6.45, 7) is -0.817. The second-order valence-electron chi connectivity index (χ2n) is 11.4. The van der Waals surface area contributed by atoms with Crippen molar-refractivity contribution in [1.82, 2.24) is 5.32 Å². The molecule has 2 aliphatic heterocycles. The number of aliphatic hydroxyl groups excluding tert-OH is 13. The lowest BCUT2D eigenvalue weighted by molar-refractivity contribution is -0.358. The SMILES string of the molecule is C[C@H]1OC(OC2C(CO)O[C@H](OC(C[C@H](O)CO)C(O)C(O)C=O)[C@H](O)C2O)C(O)[C@@H](O)C1NC1C=C(CO)C(O)[C@@H](O)[C@H]1O. The molecule has 2 fully saturated rings. The van der Waals surface area contributed by atoms with Crippen LogP contribution in [0.2, 0.25) is 0 Å². The summed E-state index contributed by atoms with van der Waals surface area (Å²) in [6.07, 6.45) is -26.1. The van der Waals surface area contributed by atoms with Crippen molar-refractivity contribution in [1.29, 1.82) is 0 Å². The lowest BCUT2D eigenvalue weighted by Crippen LogP contribution is -2.68. The van der Waals surface area contributed by atoms with Crippen LogP contribution in [0.4, 0.5) is 0 Å². The van der Waals surface area contributed by atoms with Crippen LogP contribution in [-0.2, 0) is 23.7 Å². The first-order chi connectivity index (χ1) is 21.2. The molecule has 0 aromatic rings. The van der Waals surface area contributed by atoms with E-state index in [0.29, 0.717) is 0 Å². The molecule has 2 heterocycles. The molecule has 1 aliphatic carbocycles. The Labute approximate surface area is 257 Å². The van der Waals surface area contributed by atoms with Gasteiger partial charge in [-0.15, -0.1) is 0 Å². The fourth-order valence-corrected chi connectivity index (χ4v) is 5.51. The maximum absolute atomic E-state index is 11.0. The fourth-order valence-electron chi connectivity index (χ4n) is 5.51. The average Bonchev–Trinajstić information content (AvgIpc) is 3.03. The number of aliphatic hydroxyl groups is 13. The predicted molar refractivity (Wildman–Crippen MR) is 144 cm³/mol. The summed E-state index contributed by atoms with van der Waals surface area (Å²) in [5, 5.41) is 135. The molecule has 0 aromatic heterocycles. The largest absolute Gasteiger partial charge is 0.394 e. The molecule has 0 saturated carbocycles. The summed E-state index contributed by atoms with van der Waals surface area (Å²) >= 11 is 0. The van der Waals surface area contributed by atoms with E-state index in [1.54, 1.807) is 0 Å². The van der Waals surface area contributed by atoms with Crippen LogP contribution in [0.1, 0.15) is 13.3 Å². The van der Waals surface area contributed by atoms with E-state index >= 15 is 0 Å². The lowest BCUT2D eigenvalue weighted by Gasteiger charge is -2.48. The molecule has 0 bridgehead atoms. The van der Waals surface area contributed by atoms with Crippen LogP contribution in [0.15, 0.2) is 11.6 Å². The molecule has 0 amide bonds. The quantitative estimate of drug-likeness (QED) is 0.0608. The molecule has 0 spiro atoms. The van der Waals surface area contributed by atoms with Crippen molar-refractivity contribution in [3.8, 4) is 0 Å². The highest BCUT2D eigenvalue weighted by atomic mass is 16.7. The van der Waals surface area contributed by atoms with Gasteiger partial charge in [0.1, 0.15) is 67.1 Å². The van der Waals surface area contributed by atoms with Crippen LogP contribution in [0.3, 0.4) is 0 Å². The summed E-state index contributed by atoms with van der Waals surface area (Å²) in [5.41, 5.74) is 0.0124. The Kier molecular flexibility index (Phi) is 14.1. The Morgan fingerprint density at radius 2 is 1.53 bits per heavy atom. The van der Waals surface area contributed by atoms with Gasteiger partial charge in [0.25, 0.3) is 0 Å². The maximum atomic E-state index is 11.0. The van der Waals surface area contributed by atoms with E-state index in [1.165, 1.54) is 13.0 Å². The molecular weight excluding hydrogens is 614 g/mol. The Morgan fingerprint density at radius 1 is 0.889 bits per heavy atom. The monoisotopic (exact) mass is 659 g/mol. The van der Waals surface area contributed by atoms with Crippen LogP contribution < -0.4 is 5.32 Å². The van der Waals surface area contributed by atoms with Gasteiger partial charge in [-0.1, -0.05) is 6.08 Å². The van der Waals surface area contributed by atoms with Gasteiger partial charge in [0.2, 0.25) is 0 Å². The molecule has 19 nitrogen and oxygen atoms in total. The van der Waals surface area contributed by atoms with Crippen molar-refractivity contribution in [3.05, 3.63) is 11.6 Å². The molecule has 262 valence electrons. The topological polar surface area (TPSA) is 329 Å². The van der Waals surface area contributed by atoms with Crippen molar-refractivity contribution < 1.29 is 90.1 Å². The van der Waals surface area contributed by atoms with Crippen molar-refractivity contribution in [3.63, 3.8) is 0 Å². The molecule has 0 aromatic carbocycles. The molecule has 45 heavy (non-hydrogen) atoms. The van der Waals surface area contributed by atoms with Crippen LogP contribution in [0.25, 0.3) is 0 Å². The number of carbonyl (C=O) groups excluding carboxylic acids is 1. The highest BCUT2D eigenvalue weighted by molar-refractivity contribution is 5.56. The summed E-state index contributed by atoms with van der Waals surface area (Å²) < 4.78 is 22.3. The third-order valence-corrected chi connectivity index (χ3v) is 8.24. The zero-order valence-corrected chi connectivity index (χ0v) is 24.2. The van der Waals surface area contributed by atoms with E-state index in [0.717, 1.165) is 0 Å². The van der Waals surface area contributed by atoms with E-state index in [2.05, 4.69) is 5.32 Å². The molecule has 0 radical (unpaired) electrons. The van der Waals surface area contributed by atoms with Crippen LogP contribution in [0, 0.1) is 0 Å². The van der Waals surface area contributed by atoms with Gasteiger partial charge < -0.3 is 95.4 Å². The minimum absolute atomic E-state index is 0.0124. The Balaban J connectivity index is 1.71. The molecule has 14 N–H and O–H groups in total. The van der Waals surface area contributed by atoms with Crippen molar-refractivity contribution in [2.24, 2.45) is 0 Å². The van der Waals surface area contributed by atoms with E-state index in [-0.39, 0.29) is 11.9 Å². The maximum Gasteiger partial charge on any atom is 0.187 e. The third-order valence-electron chi connectivity index (χ3n) is 8.24. The average molecular weight is 660 g/mol. The Bertz CT molecular complexity index is 959. The van der Waals surface area contributed by atoms with Crippen molar-refractivity contribution >= 4 is 6.29 Å². The minimum atomic E-state index is -1.99. The summed E-state index contributed by atoms with van der Waals surface area (Å²) in [7, 11) is 0. The Morgan fingerprint density at radius 3 is 2.11 bits per heavy atom. The zero-order valence-electron chi connectivity index (χ0n) is 24.2. The number of rotatable bonds is 14. The first-order valence-electron chi connectivity index (χ1n) is 14.4. The highest BCUT2D eigenvalue weighted by Crippen LogP contribution is 2.31. The number of aldehydes is 1. The number of ether oxygens (including phenoxy) is 4. The lowest BCUT2D eigenvalue weighted by atomic mass is 9.86. The molecule has 2 saturated heterocycles. The Hall–Kier alpha value is -1.31. The first-order valence-corrected chi connectivity index (χ1v) is 14.4. The van der Waals surface area contributed by atoms with E-state index < -0.39 is 136 Å². The zero-order chi connectivity index (χ0) is 33.7. The second kappa shape index (κ2) is 16.7. The molecule has 11 unspecified atom stereocenters. The molecule has 3 rings (SSSR count). The fraction of sp³-hybridized carbons (Fsp3) is 0.885. The van der Waals surface area contributed by atoms with Gasteiger partial charge in [-0.05, 0) is 12.5 Å².